The molecular formula is C32H29Cl2N3O5S2. The number of aliphatic hydroxyl groups is 1. The van der Waals surface area contributed by atoms with Crippen LogP contribution in [-0.4, -0.2) is 40.2 Å². The van der Waals surface area contributed by atoms with Gasteiger partial charge in [-0.3, -0.25) is 14.5 Å². The van der Waals surface area contributed by atoms with Crippen LogP contribution in [0.3, 0.4) is 0 Å². The second kappa shape index (κ2) is 14.5. The number of amides is 1. The molecule has 0 radical (unpaired) electrons. The molecular weight excluding hydrogens is 641 g/mol. The molecule has 1 saturated heterocycles. The highest BCUT2D eigenvalue weighted by molar-refractivity contribution is 8.00. The highest BCUT2D eigenvalue weighted by Crippen LogP contribution is 2.46. The highest BCUT2D eigenvalue weighted by atomic mass is 35.5. The Hall–Kier alpha value is -3.57. The third-order valence-corrected chi connectivity index (χ3v) is 9.54. The topological polar surface area (TPSA) is 102 Å². The zero-order chi connectivity index (χ0) is 31.2. The second-order valence-corrected chi connectivity index (χ2v) is 12.8. The van der Waals surface area contributed by atoms with E-state index < -0.39 is 17.7 Å². The maximum Gasteiger partial charge on any atom is 0.301 e. The van der Waals surface area contributed by atoms with Crippen LogP contribution < -0.4 is 14.4 Å². The first-order valence-corrected chi connectivity index (χ1v) is 16.5. The van der Waals surface area contributed by atoms with Crippen LogP contribution in [0, 0.1) is 0 Å². The molecule has 5 rings (SSSR count). The summed E-state index contributed by atoms with van der Waals surface area (Å²) in [6.07, 6.45) is 1.85. The van der Waals surface area contributed by atoms with E-state index in [0.29, 0.717) is 56.0 Å². The largest absolute Gasteiger partial charge is 0.507 e. The number of aliphatic hydroxyl groups excluding tert-OH is 1. The van der Waals surface area contributed by atoms with Gasteiger partial charge in [-0.25, -0.2) is 0 Å². The molecule has 0 bridgehead atoms. The fourth-order valence-electron chi connectivity index (χ4n) is 4.63. The lowest BCUT2D eigenvalue weighted by Crippen LogP contribution is -2.29. The van der Waals surface area contributed by atoms with E-state index in [4.69, 9.17) is 32.7 Å². The first-order valence-electron chi connectivity index (χ1n) is 14.0. The maximum atomic E-state index is 13.6. The lowest BCUT2D eigenvalue weighted by atomic mass is 9.95. The van der Waals surface area contributed by atoms with Gasteiger partial charge in [-0.1, -0.05) is 83.9 Å². The van der Waals surface area contributed by atoms with Crippen LogP contribution in [-0.2, 0) is 15.3 Å². The number of hydrogen-bond donors (Lipinski definition) is 1. The molecule has 0 aliphatic carbocycles. The molecule has 228 valence electrons. The fraction of sp³-hybridized carbons (Fsp3) is 0.250. The van der Waals surface area contributed by atoms with Crippen molar-refractivity contribution in [2.24, 2.45) is 0 Å². The van der Waals surface area contributed by atoms with E-state index in [1.807, 2.05) is 31.2 Å². The summed E-state index contributed by atoms with van der Waals surface area (Å²) in [5.41, 5.74) is 1.73. The minimum atomic E-state index is -1.01. The number of carbonyl (C=O) groups is 2. The predicted molar refractivity (Wildman–Crippen MR) is 175 cm³/mol. The van der Waals surface area contributed by atoms with Crippen molar-refractivity contribution in [3.05, 3.63) is 99.0 Å². The van der Waals surface area contributed by atoms with Crippen LogP contribution in [0.4, 0.5) is 5.13 Å². The molecule has 1 fully saturated rings. The van der Waals surface area contributed by atoms with Crippen LogP contribution in [0.2, 0.25) is 10.0 Å². The molecule has 1 aliphatic rings. The van der Waals surface area contributed by atoms with Gasteiger partial charge in [0.05, 0.1) is 24.8 Å². The number of unbranched alkanes of at least 4 members (excludes halogenated alkanes) is 1. The van der Waals surface area contributed by atoms with Crippen molar-refractivity contribution >= 4 is 68.9 Å². The molecule has 2 heterocycles. The molecule has 1 aliphatic heterocycles. The van der Waals surface area contributed by atoms with Gasteiger partial charge in [0.1, 0.15) is 5.76 Å². The number of anilines is 1. The molecule has 1 amide bonds. The van der Waals surface area contributed by atoms with Gasteiger partial charge in [-0.05, 0) is 66.9 Å². The number of benzene rings is 3. The van der Waals surface area contributed by atoms with E-state index in [1.54, 1.807) is 42.5 Å². The summed E-state index contributed by atoms with van der Waals surface area (Å²) in [4.78, 5) is 28.5. The normalized spacial score (nSPS) is 16.0. The van der Waals surface area contributed by atoms with Gasteiger partial charge >= 0.3 is 5.91 Å². The first kappa shape index (κ1) is 31.8. The quantitative estimate of drug-likeness (QED) is 0.0401. The molecule has 1 aromatic heterocycles. The van der Waals surface area contributed by atoms with Gasteiger partial charge in [0.2, 0.25) is 5.13 Å². The standard InChI is InChI=1S/C32H29Cl2N3O5S2/c1-3-5-16-42-24-15-12-20(17-25(24)41-4-2)27-26(28(38)19-10-13-22(33)14-11-19)29(39)30(40)37(27)31-35-36-32(44-31)43-18-21-8-6-7-9-23(21)34/h6-15,17,27,38H,3-5,16,18H2,1-2H3/b28-26+. The minimum Gasteiger partial charge on any atom is -0.507 e. The Morgan fingerprint density at radius 1 is 1.00 bits per heavy atom. The summed E-state index contributed by atoms with van der Waals surface area (Å²) in [6, 6.07) is 18.1. The number of hydrogen-bond acceptors (Lipinski definition) is 9. The monoisotopic (exact) mass is 669 g/mol. The van der Waals surface area contributed by atoms with E-state index in [0.717, 1.165) is 18.4 Å². The Kier molecular flexibility index (Phi) is 10.5. The van der Waals surface area contributed by atoms with Crippen molar-refractivity contribution in [3.8, 4) is 11.5 Å². The van der Waals surface area contributed by atoms with Crippen molar-refractivity contribution in [3.63, 3.8) is 0 Å². The van der Waals surface area contributed by atoms with Gasteiger partial charge in [0.25, 0.3) is 5.78 Å². The van der Waals surface area contributed by atoms with E-state index in [-0.39, 0.29) is 16.5 Å². The zero-order valence-electron chi connectivity index (χ0n) is 24.0. The molecule has 3 aromatic carbocycles. The van der Waals surface area contributed by atoms with Crippen LogP contribution in [0.5, 0.6) is 11.5 Å². The summed E-state index contributed by atoms with van der Waals surface area (Å²) in [5, 5.41) is 21.3. The molecule has 4 aromatic rings. The summed E-state index contributed by atoms with van der Waals surface area (Å²) >= 11 is 15.0. The number of ketones is 1. The number of aromatic nitrogens is 2. The average Bonchev–Trinajstić information content (AvgIpc) is 3.59. The van der Waals surface area contributed by atoms with E-state index in [9.17, 15) is 14.7 Å². The predicted octanol–water partition coefficient (Wildman–Crippen LogP) is 8.34. The molecule has 44 heavy (non-hydrogen) atoms. The number of Topliss-reactive ketones (excluding diaryl/α,β-unsaturated/α-hetero) is 1. The molecule has 1 unspecified atom stereocenters. The Bertz CT molecular complexity index is 1690. The van der Waals surface area contributed by atoms with Crippen molar-refractivity contribution in [1.82, 2.24) is 10.2 Å². The first-order chi connectivity index (χ1) is 21.3. The molecule has 1 N–H and O–H groups in total. The number of carbonyl (C=O) groups excluding carboxylic acids is 2. The van der Waals surface area contributed by atoms with E-state index >= 15 is 0 Å². The summed E-state index contributed by atoms with van der Waals surface area (Å²) in [6.45, 7) is 4.83. The third-order valence-electron chi connectivity index (χ3n) is 6.81. The SMILES string of the molecule is CCCCOc1ccc(C2/C(=C(\O)c3ccc(Cl)cc3)C(=O)C(=O)N2c2nnc(SCc3ccccc3Cl)s2)cc1OCC. The lowest BCUT2D eigenvalue weighted by molar-refractivity contribution is -0.132. The average molecular weight is 671 g/mol. The van der Waals surface area contributed by atoms with Gasteiger partial charge in [-0.2, -0.15) is 0 Å². The van der Waals surface area contributed by atoms with Gasteiger partial charge in [-0.15, -0.1) is 10.2 Å². The maximum absolute atomic E-state index is 13.6. The summed E-state index contributed by atoms with van der Waals surface area (Å²) in [7, 11) is 0. The fourth-order valence-corrected chi connectivity index (χ4v) is 6.91. The van der Waals surface area contributed by atoms with Crippen molar-refractivity contribution in [2.75, 3.05) is 18.1 Å². The van der Waals surface area contributed by atoms with E-state index in [2.05, 4.69) is 17.1 Å². The Labute approximate surface area is 273 Å². The summed E-state index contributed by atoms with van der Waals surface area (Å²) < 4.78 is 12.4. The lowest BCUT2D eigenvalue weighted by Gasteiger charge is -2.23. The Morgan fingerprint density at radius 2 is 1.77 bits per heavy atom. The third kappa shape index (κ3) is 6.89. The number of rotatable bonds is 12. The van der Waals surface area contributed by atoms with Crippen LogP contribution in [0.25, 0.3) is 5.76 Å². The van der Waals surface area contributed by atoms with Crippen LogP contribution in [0.15, 0.2) is 76.6 Å². The van der Waals surface area contributed by atoms with Crippen molar-refractivity contribution in [1.29, 1.82) is 0 Å². The van der Waals surface area contributed by atoms with E-state index in [1.165, 1.54) is 28.0 Å². The molecule has 0 spiro atoms. The van der Waals surface area contributed by atoms with Crippen LogP contribution in [0.1, 0.15) is 49.4 Å². The van der Waals surface area contributed by atoms with Crippen LogP contribution >= 0.6 is 46.3 Å². The van der Waals surface area contributed by atoms with Crippen molar-refractivity contribution in [2.45, 2.75) is 42.8 Å². The van der Waals surface area contributed by atoms with Gasteiger partial charge in [0.15, 0.2) is 15.8 Å². The molecule has 1 atom stereocenters. The van der Waals surface area contributed by atoms with Gasteiger partial charge in [0, 0.05) is 21.4 Å². The zero-order valence-corrected chi connectivity index (χ0v) is 27.1. The van der Waals surface area contributed by atoms with Gasteiger partial charge < -0.3 is 14.6 Å². The number of nitrogens with zero attached hydrogens (tertiary/aromatic N) is 3. The number of halogens is 2. The number of ether oxygens (including phenoxy) is 2. The smallest absolute Gasteiger partial charge is 0.301 e. The summed E-state index contributed by atoms with van der Waals surface area (Å²) in [5.74, 6) is -0.440. The van der Waals surface area contributed by atoms with Crippen molar-refractivity contribution < 1.29 is 24.2 Å². The minimum absolute atomic E-state index is 0.0834. The highest BCUT2D eigenvalue weighted by Gasteiger charge is 2.48. The number of thioether (sulfide) groups is 1. The molecule has 12 heteroatoms. The Morgan fingerprint density at radius 3 is 2.50 bits per heavy atom. The Balaban J connectivity index is 1.57. The second-order valence-electron chi connectivity index (χ2n) is 9.75. The molecule has 0 saturated carbocycles. The molecule has 8 nitrogen and oxygen atoms in total.